The maximum absolute atomic E-state index is 11.4. The van der Waals surface area contributed by atoms with Crippen LogP contribution < -0.4 is 9.88 Å². The lowest BCUT2D eigenvalue weighted by molar-refractivity contribution is -0.684. The van der Waals surface area contributed by atoms with Crippen LogP contribution in [0.5, 0.6) is 0 Å². The smallest absolute Gasteiger partial charge is 0.285 e. The Morgan fingerprint density at radius 2 is 2.19 bits per heavy atom. The fourth-order valence-electron chi connectivity index (χ4n) is 1.31. The van der Waals surface area contributed by atoms with Gasteiger partial charge in [-0.25, -0.2) is 0 Å². The summed E-state index contributed by atoms with van der Waals surface area (Å²) >= 11 is 0. The first-order valence-electron chi connectivity index (χ1n) is 5.40. The molecule has 1 aromatic rings. The largest absolute Gasteiger partial charge is 0.351 e. The molecule has 86 valence electrons. The summed E-state index contributed by atoms with van der Waals surface area (Å²) in [5, 5.41) is 2.78. The molecule has 0 saturated heterocycles. The number of aromatic nitrogens is 1. The highest BCUT2D eigenvalue weighted by Gasteiger charge is 2.10. The molecule has 1 rings (SSSR count). The number of hydrogen-bond acceptors (Lipinski definition) is 2. The second kappa shape index (κ2) is 6.00. The van der Waals surface area contributed by atoms with Gasteiger partial charge in [-0.1, -0.05) is 6.92 Å². The Morgan fingerprint density at radius 1 is 1.44 bits per heavy atom. The second-order valence-electron chi connectivity index (χ2n) is 3.67. The summed E-state index contributed by atoms with van der Waals surface area (Å²) in [6, 6.07) is 3.51. The van der Waals surface area contributed by atoms with Crippen LogP contribution in [0.2, 0.25) is 0 Å². The predicted octanol–water partition coefficient (Wildman–Crippen LogP) is 0.703. The molecular weight excluding hydrogens is 204 g/mol. The van der Waals surface area contributed by atoms with Crippen molar-refractivity contribution in [2.24, 2.45) is 0 Å². The van der Waals surface area contributed by atoms with Gasteiger partial charge in [0, 0.05) is 12.6 Å². The third-order valence-electron chi connectivity index (χ3n) is 2.16. The molecule has 0 unspecified atom stereocenters. The summed E-state index contributed by atoms with van der Waals surface area (Å²) in [7, 11) is 0. The van der Waals surface area contributed by atoms with Gasteiger partial charge in [0.2, 0.25) is 6.54 Å². The Kier molecular flexibility index (Phi) is 4.64. The maximum atomic E-state index is 11.4. The molecule has 4 heteroatoms. The lowest BCUT2D eigenvalue weighted by Gasteiger charge is -2.00. The van der Waals surface area contributed by atoms with Crippen molar-refractivity contribution in [3.05, 3.63) is 30.1 Å². The molecule has 16 heavy (non-hydrogen) atoms. The van der Waals surface area contributed by atoms with Crippen molar-refractivity contribution in [2.75, 3.05) is 6.54 Å². The van der Waals surface area contributed by atoms with Crippen molar-refractivity contribution in [2.45, 2.75) is 26.8 Å². The van der Waals surface area contributed by atoms with Crippen LogP contribution in [0.15, 0.2) is 24.5 Å². The summed E-state index contributed by atoms with van der Waals surface area (Å²) in [6.45, 7) is 4.45. The van der Waals surface area contributed by atoms with Crippen molar-refractivity contribution in [1.29, 1.82) is 0 Å². The lowest BCUT2D eigenvalue weighted by atomic mass is 10.2. The molecule has 0 bridgehead atoms. The van der Waals surface area contributed by atoms with Gasteiger partial charge in [0.1, 0.15) is 0 Å². The molecule has 0 aliphatic rings. The molecule has 4 nitrogen and oxygen atoms in total. The van der Waals surface area contributed by atoms with Gasteiger partial charge >= 0.3 is 0 Å². The summed E-state index contributed by atoms with van der Waals surface area (Å²) in [5.74, 6) is -0.0316. The number of pyridine rings is 1. The average Bonchev–Trinajstić information content (AvgIpc) is 2.26. The van der Waals surface area contributed by atoms with Gasteiger partial charge in [-0.2, -0.15) is 4.57 Å². The molecule has 0 radical (unpaired) electrons. The number of carbonyl (C=O) groups excluding carboxylic acids is 2. The first-order chi connectivity index (χ1) is 7.63. The first-order valence-corrected chi connectivity index (χ1v) is 5.40. The maximum Gasteiger partial charge on any atom is 0.285 e. The molecule has 0 atom stereocenters. The second-order valence-corrected chi connectivity index (χ2v) is 3.67. The number of ketones is 1. The Bertz CT molecular complexity index is 388. The van der Waals surface area contributed by atoms with Crippen LogP contribution in [-0.4, -0.2) is 18.2 Å². The van der Waals surface area contributed by atoms with Crippen molar-refractivity contribution in [3.63, 3.8) is 0 Å². The van der Waals surface area contributed by atoms with Gasteiger partial charge in [-0.15, -0.1) is 0 Å². The van der Waals surface area contributed by atoms with Crippen LogP contribution in [0.3, 0.4) is 0 Å². The predicted molar refractivity (Wildman–Crippen MR) is 59.9 cm³/mol. The van der Waals surface area contributed by atoms with Gasteiger partial charge < -0.3 is 5.32 Å². The molecule has 0 fully saturated rings. The van der Waals surface area contributed by atoms with Crippen LogP contribution in [0.1, 0.15) is 30.6 Å². The minimum atomic E-state index is -0.0347. The van der Waals surface area contributed by atoms with Crippen LogP contribution >= 0.6 is 0 Å². The number of nitrogens with one attached hydrogen (secondary N) is 1. The number of nitrogens with zero attached hydrogens (tertiary/aromatic N) is 1. The van der Waals surface area contributed by atoms with E-state index < -0.39 is 0 Å². The van der Waals surface area contributed by atoms with E-state index in [1.54, 1.807) is 29.1 Å². The van der Waals surface area contributed by atoms with E-state index in [2.05, 4.69) is 5.32 Å². The quantitative estimate of drug-likeness (QED) is 0.588. The van der Waals surface area contributed by atoms with Gasteiger partial charge in [-0.05, 0) is 19.4 Å². The van der Waals surface area contributed by atoms with Crippen molar-refractivity contribution < 1.29 is 14.2 Å². The number of rotatable bonds is 5. The van der Waals surface area contributed by atoms with E-state index in [9.17, 15) is 9.59 Å². The highest BCUT2D eigenvalue weighted by atomic mass is 16.2. The monoisotopic (exact) mass is 221 g/mol. The van der Waals surface area contributed by atoms with E-state index in [0.717, 1.165) is 6.42 Å². The molecule has 0 saturated carbocycles. The van der Waals surface area contributed by atoms with E-state index in [4.69, 9.17) is 0 Å². The molecule has 1 amide bonds. The van der Waals surface area contributed by atoms with Crippen LogP contribution in [0, 0.1) is 0 Å². The van der Waals surface area contributed by atoms with E-state index in [-0.39, 0.29) is 18.2 Å². The number of Topliss-reactive ketones (excluding diaryl/α,β-unsaturated/α-hetero) is 1. The zero-order valence-electron chi connectivity index (χ0n) is 9.69. The average molecular weight is 221 g/mol. The van der Waals surface area contributed by atoms with E-state index in [0.29, 0.717) is 12.1 Å². The zero-order chi connectivity index (χ0) is 12.0. The van der Waals surface area contributed by atoms with Gasteiger partial charge in [0.05, 0.1) is 5.56 Å². The molecule has 0 aliphatic heterocycles. The molecular formula is C12H17N2O2+. The van der Waals surface area contributed by atoms with Crippen LogP contribution in [0.25, 0.3) is 0 Å². The zero-order valence-corrected chi connectivity index (χ0v) is 9.69. The van der Waals surface area contributed by atoms with Crippen molar-refractivity contribution in [1.82, 2.24) is 5.32 Å². The van der Waals surface area contributed by atoms with Crippen molar-refractivity contribution in [3.8, 4) is 0 Å². The molecule has 1 aromatic heterocycles. The van der Waals surface area contributed by atoms with Crippen molar-refractivity contribution >= 4 is 11.7 Å². The molecule has 1 N–H and O–H groups in total. The number of amides is 1. The Balaban J connectivity index is 2.63. The summed E-state index contributed by atoms with van der Waals surface area (Å²) < 4.78 is 1.71. The topological polar surface area (TPSA) is 50.1 Å². The van der Waals surface area contributed by atoms with Gasteiger partial charge in [-0.3, -0.25) is 9.59 Å². The molecule has 0 aromatic carbocycles. The minimum absolute atomic E-state index is 0.00307. The van der Waals surface area contributed by atoms with Crippen LogP contribution in [-0.2, 0) is 11.3 Å². The lowest BCUT2D eigenvalue weighted by Crippen LogP contribution is -2.43. The molecule has 0 aliphatic carbocycles. The SMILES string of the molecule is CCCNC(=O)C[n+]1cccc(C(C)=O)c1. The van der Waals surface area contributed by atoms with E-state index >= 15 is 0 Å². The Morgan fingerprint density at radius 3 is 2.81 bits per heavy atom. The van der Waals surface area contributed by atoms with Gasteiger partial charge in [0.25, 0.3) is 5.91 Å². The summed E-state index contributed by atoms with van der Waals surface area (Å²) in [6.07, 6.45) is 4.38. The Hall–Kier alpha value is -1.71. The molecule has 0 spiro atoms. The minimum Gasteiger partial charge on any atom is -0.351 e. The highest BCUT2D eigenvalue weighted by Crippen LogP contribution is 1.94. The summed E-state index contributed by atoms with van der Waals surface area (Å²) in [4.78, 5) is 22.6. The fourth-order valence-corrected chi connectivity index (χ4v) is 1.31. The normalized spacial score (nSPS) is 9.88. The standard InChI is InChI=1S/C12H16N2O2/c1-3-6-13-12(16)9-14-7-4-5-11(8-14)10(2)15/h4-5,7-8H,3,6,9H2,1-2H3/p+1. The third-order valence-corrected chi connectivity index (χ3v) is 2.16. The van der Waals surface area contributed by atoms with Crippen LogP contribution in [0.4, 0.5) is 0 Å². The highest BCUT2D eigenvalue weighted by molar-refractivity contribution is 5.93. The Labute approximate surface area is 95.3 Å². The fraction of sp³-hybridized carbons (Fsp3) is 0.417. The third kappa shape index (κ3) is 3.81. The first kappa shape index (κ1) is 12.4. The van der Waals surface area contributed by atoms with E-state index in [1.807, 2.05) is 6.92 Å². The van der Waals surface area contributed by atoms with Gasteiger partial charge in [0.15, 0.2) is 18.2 Å². The number of carbonyl (C=O) groups is 2. The number of hydrogen-bond donors (Lipinski definition) is 1. The molecule has 1 heterocycles. The van der Waals surface area contributed by atoms with E-state index in [1.165, 1.54) is 6.92 Å². The summed E-state index contributed by atoms with van der Waals surface area (Å²) in [5.41, 5.74) is 0.616.